The highest BCUT2D eigenvalue weighted by molar-refractivity contribution is 6.10. The second-order valence-corrected chi connectivity index (χ2v) is 6.88. The summed E-state index contributed by atoms with van der Waals surface area (Å²) in [7, 11) is 4.50. The molecule has 0 radical (unpaired) electrons. The summed E-state index contributed by atoms with van der Waals surface area (Å²) >= 11 is 0. The molecule has 0 bridgehead atoms. The largest absolute Gasteiger partial charge is 0.493 e. The summed E-state index contributed by atoms with van der Waals surface area (Å²) in [4.78, 5) is 22.7. The van der Waals surface area contributed by atoms with Crippen molar-refractivity contribution in [2.45, 2.75) is 6.61 Å². The van der Waals surface area contributed by atoms with Crippen LogP contribution in [0.25, 0.3) is 11.0 Å². The fourth-order valence-corrected chi connectivity index (χ4v) is 3.31. The first-order valence-electron chi connectivity index (χ1n) is 9.92. The highest BCUT2D eigenvalue weighted by atomic mass is 16.5. The van der Waals surface area contributed by atoms with Crippen LogP contribution in [0.15, 0.2) is 66.7 Å². The van der Waals surface area contributed by atoms with Crippen LogP contribution < -0.4 is 18.9 Å². The minimum absolute atomic E-state index is 0.105. The molecule has 7 heteroatoms. The SMILES string of the molecule is COc1cc(C(=O)c2nc3ccccc3nc2OCc2ccccc2)cc(OC)c1OC. The number of ether oxygens (including phenoxy) is 4. The number of nitrogens with zero attached hydrogens (tertiary/aromatic N) is 2. The summed E-state index contributed by atoms with van der Waals surface area (Å²) in [5.41, 5.74) is 2.60. The van der Waals surface area contributed by atoms with E-state index < -0.39 is 0 Å². The van der Waals surface area contributed by atoms with Crippen molar-refractivity contribution in [3.05, 3.63) is 83.6 Å². The van der Waals surface area contributed by atoms with Gasteiger partial charge in [-0.2, -0.15) is 0 Å². The van der Waals surface area contributed by atoms with Gasteiger partial charge in [-0.1, -0.05) is 42.5 Å². The van der Waals surface area contributed by atoms with E-state index in [1.165, 1.54) is 21.3 Å². The van der Waals surface area contributed by atoms with Gasteiger partial charge in [-0.3, -0.25) is 4.79 Å². The number of rotatable bonds is 8. The van der Waals surface area contributed by atoms with Crippen LogP contribution in [0.2, 0.25) is 0 Å². The molecule has 0 N–H and O–H groups in total. The Bertz CT molecular complexity index is 1230. The average Bonchev–Trinajstić information content (AvgIpc) is 2.86. The normalized spacial score (nSPS) is 10.6. The van der Waals surface area contributed by atoms with Crippen LogP contribution in [-0.4, -0.2) is 37.1 Å². The van der Waals surface area contributed by atoms with Crippen molar-refractivity contribution in [3.8, 4) is 23.1 Å². The van der Waals surface area contributed by atoms with E-state index in [1.54, 1.807) is 18.2 Å². The highest BCUT2D eigenvalue weighted by Gasteiger charge is 2.23. The molecule has 162 valence electrons. The zero-order valence-corrected chi connectivity index (χ0v) is 18.0. The fraction of sp³-hybridized carbons (Fsp3) is 0.160. The molecule has 0 spiro atoms. The van der Waals surface area contributed by atoms with Crippen LogP contribution in [0.5, 0.6) is 23.1 Å². The van der Waals surface area contributed by atoms with Crippen LogP contribution in [0.3, 0.4) is 0 Å². The molecule has 0 unspecified atom stereocenters. The Morgan fingerprint density at radius 3 is 1.97 bits per heavy atom. The first kappa shape index (κ1) is 21.1. The quantitative estimate of drug-likeness (QED) is 0.382. The number of hydrogen-bond donors (Lipinski definition) is 0. The van der Waals surface area contributed by atoms with E-state index >= 15 is 0 Å². The van der Waals surface area contributed by atoms with E-state index in [0.29, 0.717) is 33.8 Å². The lowest BCUT2D eigenvalue weighted by atomic mass is 10.1. The third kappa shape index (κ3) is 4.18. The van der Waals surface area contributed by atoms with Crippen molar-refractivity contribution >= 4 is 16.8 Å². The molecular formula is C25H22N2O5. The Morgan fingerprint density at radius 2 is 1.38 bits per heavy atom. The summed E-state index contributed by atoms with van der Waals surface area (Å²) in [6.45, 7) is 0.253. The molecule has 7 nitrogen and oxygen atoms in total. The Labute approximate surface area is 185 Å². The predicted octanol–water partition coefficient (Wildman–Crippen LogP) is 4.47. The molecule has 3 aromatic carbocycles. The fourth-order valence-electron chi connectivity index (χ4n) is 3.31. The van der Waals surface area contributed by atoms with E-state index in [4.69, 9.17) is 18.9 Å². The van der Waals surface area contributed by atoms with Gasteiger partial charge in [0.05, 0.1) is 32.4 Å². The molecule has 4 rings (SSSR count). The van der Waals surface area contributed by atoms with E-state index in [1.807, 2.05) is 48.5 Å². The minimum atomic E-state index is -0.370. The molecular weight excluding hydrogens is 408 g/mol. The number of carbonyl (C=O) groups is 1. The highest BCUT2D eigenvalue weighted by Crippen LogP contribution is 2.39. The summed E-state index contributed by atoms with van der Waals surface area (Å²) in [5, 5.41) is 0. The van der Waals surface area contributed by atoms with Gasteiger partial charge in [-0.25, -0.2) is 9.97 Å². The lowest BCUT2D eigenvalue weighted by Crippen LogP contribution is -2.11. The topological polar surface area (TPSA) is 79.8 Å². The van der Waals surface area contributed by atoms with Crippen molar-refractivity contribution in [2.75, 3.05) is 21.3 Å². The van der Waals surface area contributed by atoms with Crippen LogP contribution in [-0.2, 0) is 6.61 Å². The van der Waals surface area contributed by atoms with Gasteiger partial charge >= 0.3 is 0 Å². The molecule has 0 saturated heterocycles. The molecule has 0 amide bonds. The van der Waals surface area contributed by atoms with E-state index in [-0.39, 0.29) is 24.0 Å². The maximum Gasteiger partial charge on any atom is 0.245 e. The molecule has 0 aliphatic heterocycles. The summed E-state index contributed by atoms with van der Waals surface area (Å²) in [5.74, 6) is 0.931. The van der Waals surface area contributed by atoms with Crippen LogP contribution in [0.1, 0.15) is 21.6 Å². The average molecular weight is 430 g/mol. The smallest absolute Gasteiger partial charge is 0.245 e. The van der Waals surface area contributed by atoms with Crippen molar-refractivity contribution < 1.29 is 23.7 Å². The molecule has 32 heavy (non-hydrogen) atoms. The number of ketones is 1. The number of methoxy groups -OCH3 is 3. The summed E-state index contributed by atoms with van der Waals surface area (Å²) < 4.78 is 22.1. The Kier molecular flexibility index (Phi) is 6.17. The number of aromatic nitrogens is 2. The minimum Gasteiger partial charge on any atom is -0.493 e. The third-order valence-corrected chi connectivity index (χ3v) is 4.90. The number of para-hydroxylation sites is 2. The first-order chi connectivity index (χ1) is 15.6. The van der Waals surface area contributed by atoms with Gasteiger partial charge in [0.2, 0.25) is 17.4 Å². The molecule has 0 saturated carbocycles. The second-order valence-electron chi connectivity index (χ2n) is 6.88. The Balaban J connectivity index is 1.79. The van der Waals surface area contributed by atoms with Crippen LogP contribution in [0.4, 0.5) is 0 Å². The zero-order chi connectivity index (χ0) is 22.5. The monoisotopic (exact) mass is 430 g/mol. The zero-order valence-electron chi connectivity index (χ0n) is 18.0. The van der Waals surface area contributed by atoms with Crippen molar-refractivity contribution in [1.29, 1.82) is 0 Å². The Hall–Kier alpha value is -4.13. The summed E-state index contributed by atoms with van der Waals surface area (Å²) in [6, 6.07) is 20.2. The van der Waals surface area contributed by atoms with Crippen molar-refractivity contribution in [2.24, 2.45) is 0 Å². The van der Waals surface area contributed by atoms with Gasteiger partial charge in [0, 0.05) is 5.56 Å². The number of benzene rings is 3. The molecule has 0 fully saturated rings. The van der Waals surface area contributed by atoms with Crippen molar-refractivity contribution in [1.82, 2.24) is 9.97 Å². The number of carbonyl (C=O) groups excluding carboxylic acids is 1. The third-order valence-electron chi connectivity index (χ3n) is 4.90. The van der Waals surface area contributed by atoms with Gasteiger partial charge in [0.25, 0.3) is 0 Å². The summed E-state index contributed by atoms with van der Waals surface area (Å²) in [6.07, 6.45) is 0. The molecule has 0 atom stereocenters. The Morgan fingerprint density at radius 1 is 0.781 bits per heavy atom. The molecule has 1 aromatic heterocycles. The lowest BCUT2D eigenvalue weighted by Gasteiger charge is -2.15. The van der Waals surface area contributed by atoms with Crippen LogP contribution in [0, 0.1) is 0 Å². The predicted molar refractivity (Wildman–Crippen MR) is 120 cm³/mol. The number of fused-ring (bicyclic) bond motifs is 1. The molecule has 0 aliphatic rings. The molecule has 0 aliphatic carbocycles. The van der Waals surface area contributed by atoms with Gasteiger partial charge < -0.3 is 18.9 Å². The van der Waals surface area contributed by atoms with Gasteiger partial charge in [-0.15, -0.1) is 0 Å². The van der Waals surface area contributed by atoms with E-state index in [2.05, 4.69) is 9.97 Å². The molecule has 4 aromatic rings. The second kappa shape index (κ2) is 9.34. The van der Waals surface area contributed by atoms with Gasteiger partial charge in [0.15, 0.2) is 17.2 Å². The lowest BCUT2D eigenvalue weighted by molar-refractivity contribution is 0.102. The maximum absolute atomic E-state index is 13.5. The van der Waals surface area contributed by atoms with Crippen molar-refractivity contribution in [3.63, 3.8) is 0 Å². The standard InChI is InChI=1S/C25H22N2O5/c1-29-20-13-17(14-21(30-2)24(20)31-3)23(28)22-25(32-15-16-9-5-4-6-10-16)27-19-12-8-7-11-18(19)26-22/h4-14H,15H2,1-3H3. The van der Waals surface area contributed by atoms with Crippen LogP contribution >= 0.6 is 0 Å². The maximum atomic E-state index is 13.5. The molecule has 1 heterocycles. The van der Waals surface area contributed by atoms with Gasteiger partial charge in [0.1, 0.15) is 6.61 Å². The van der Waals surface area contributed by atoms with E-state index in [0.717, 1.165) is 5.56 Å². The number of hydrogen-bond acceptors (Lipinski definition) is 7. The first-order valence-corrected chi connectivity index (χ1v) is 9.92. The van der Waals surface area contributed by atoms with Gasteiger partial charge in [-0.05, 0) is 29.8 Å². The van der Waals surface area contributed by atoms with E-state index in [9.17, 15) is 4.79 Å².